The Morgan fingerprint density at radius 3 is 2.38 bits per heavy atom. The minimum Gasteiger partial charge on any atom is -0.188 e. The predicted molar refractivity (Wildman–Crippen MR) is 84.5 cm³/mol. The predicted octanol–water partition coefficient (Wildman–Crippen LogP) is 3.52. The second kappa shape index (κ2) is 6.54. The monoisotopic (exact) mass is 296 g/mol. The summed E-state index contributed by atoms with van der Waals surface area (Å²) in [5, 5.41) is 12.8. The van der Waals surface area contributed by atoms with Gasteiger partial charge in [0.15, 0.2) is 0 Å². The summed E-state index contributed by atoms with van der Waals surface area (Å²) < 4.78 is 1.77. The number of aromatic nitrogens is 4. The highest BCUT2D eigenvalue weighted by atomic mass is 32.2. The van der Waals surface area contributed by atoms with Crippen LogP contribution in [0.15, 0.2) is 59.8 Å². The average Bonchev–Trinajstić information content (AvgIpc) is 3.03. The molecule has 106 valence electrons. The fraction of sp³-hybridized carbons (Fsp3) is 0.188. The third-order valence-electron chi connectivity index (χ3n) is 3.24. The summed E-state index contributed by atoms with van der Waals surface area (Å²) in [6.07, 6.45) is 1.07. The molecule has 0 N–H and O–H groups in total. The third-order valence-corrected chi connectivity index (χ3v) is 4.23. The first-order chi connectivity index (χ1) is 10.4. The van der Waals surface area contributed by atoms with Gasteiger partial charge in [0, 0.05) is 5.75 Å². The lowest BCUT2D eigenvalue weighted by atomic mass is 10.1. The zero-order valence-corrected chi connectivity index (χ0v) is 12.6. The molecule has 0 saturated carbocycles. The van der Waals surface area contributed by atoms with E-state index >= 15 is 0 Å². The Labute approximate surface area is 128 Å². The fourth-order valence-corrected chi connectivity index (χ4v) is 2.87. The molecule has 1 aromatic heterocycles. The second-order valence-corrected chi connectivity index (χ2v) is 5.61. The molecule has 21 heavy (non-hydrogen) atoms. The van der Waals surface area contributed by atoms with E-state index in [1.807, 2.05) is 30.3 Å². The molecule has 3 rings (SSSR count). The zero-order valence-electron chi connectivity index (χ0n) is 11.8. The zero-order chi connectivity index (χ0) is 14.5. The van der Waals surface area contributed by atoms with Gasteiger partial charge in [0.05, 0.1) is 5.69 Å². The SMILES string of the molecule is CCc1ccc(CSc2nnnn2-c2ccccc2)cc1. The molecule has 0 aliphatic heterocycles. The van der Waals surface area contributed by atoms with E-state index in [9.17, 15) is 0 Å². The van der Waals surface area contributed by atoms with E-state index in [2.05, 4.69) is 46.7 Å². The summed E-state index contributed by atoms with van der Waals surface area (Å²) in [6, 6.07) is 18.6. The quantitative estimate of drug-likeness (QED) is 0.676. The number of para-hydroxylation sites is 1. The van der Waals surface area contributed by atoms with E-state index < -0.39 is 0 Å². The summed E-state index contributed by atoms with van der Waals surface area (Å²) in [6.45, 7) is 2.16. The molecule has 2 aromatic carbocycles. The number of tetrazole rings is 1. The molecule has 0 unspecified atom stereocenters. The maximum atomic E-state index is 4.11. The van der Waals surface area contributed by atoms with Crippen LogP contribution in [0.4, 0.5) is 0 Å². The molecule has 0 aliphatic carbocycles. The largest absolute Gasteiger partial charge is 0.214 e. The molecular formula is C16H16N4S. The molecule has 3 aromatic rings. The lowest BCUT2D eigenvalue weighted by molar-refractivity contribution is 0.756. The van der Waals surface area contributed by atoms with Crippen molar-refractivity contribution in [2.75, 3.05) is 0 Å². The first-order valence-electron chi connectivity index (χ1n) is 6.91. The molecule has 0 spiro atoms. The highest BCUT2D eigenvalue weighted by Gasteiger charge is 2.08. The van der Waals surface area contributed by atoms with E-state index in [1.165, 1.54) is 11.1 Å². The molecule has 0 bridgehead atoms. The number of aryl methyl sites for hydroxylation is 1. The van der Waals surface area contributed by atoms with Gasteiger partial charge in [0.25, 0.3) is 0 Å². The highest BCUT2D eigenvalue weighted by molar-refractivity contribution is 7.98. The Morgan fingerprint density at radius 2 is 1.67 bits per heavy atom. The van der Waals surface area contributed by atoms with Gasteiger partial charge >= 0.3 is 0 Å². The van der Waals surface area contributed by atoms with Crippen molar-refractivity contribution in [3.05, 3.63) is 65.7 Å². The van der Waals surface area contributed by atoms with Gasteiger partial charge in [0.2, 0.25) is 5.16 Å². The number of hydrogen-bond donors (Lipinski definition) is 0. The van der Waals surface area contributed by atoms with E-state index in [0.717, 1.165) is 23.0 Å². The lowest BCUT2D eigenvalue weighted by Crippen LogP contribution is -1.98. The van der Waals surface area contributed by atoms with Gasteiger partial charge in [0.1, 0.15) is 0 Å². The van der Waals surface area contributed by atoms with Gasteiger partial charge < -0.3 is 0 Å². The summed E-state index contributed by atoms with van der Waals surface area (Å²) in [4.78, 5) is 0. The first kappa shape index (κ1) is 13.8. The van der Waals surface area contributed by atoms with Gasteiger partial charge in [-0.3, -0.25) is 0 Å². The van der Waals surface area contributed by atoms with Crippen LogP contribution >= 0.6 is 11.8 Å². The molecule has 0 saturated heterocycles. The summed E-state index contributed by atoms with van der Waals surface area (Å²) >= 11 is 1.64. The van der Waals surface area contributed by atoms with Gasteiger partial charge in [-0.05, 0) is 40.1 Å². The number of hydrogen-bond acceptors (Lipinski definition) is 4. The van der Waals surface area contributed by atoms with Crippen molar-refractivity contribution in [3.8, 4) is 5.69 Å². The highest BCUT2D eigenvalue weighted by Crippen LogP contribution is 2.22. The number of benzene rings is 2. The maximum absolute atomic E-state index is 4.11. The second-order valence-electron chi connectivity index (χ2n) is 4.67. The van der Waals surface area contributed by atoms with Crippen LogP contribution < -0.4 is 0 Å². The molecule has 0 aliphatic rings. The van der Waals surface area contributed by atoms with E-state index in [1.54, 1.807) is 16.4 Å². The Morgan fingerprint density at radius 1 is 0.952 bits per heavy atom. The van der Waals surface area contributed by atoms with Crippen LogP contribution in [0.5, 0.6) is 0 Å². The molecular weight excluding hydrogens is 280 g/mol. The minimum absolute atomic E-state index is 0.806. The number of rotatable bonds is 5. The average molecular weight is 296 g/mol. The third kappa shape index (κ3) is 3.31. The normalized spacial score (nSPS) is 10.7. The van der Waals surface area contributed by atoms with Crippen LogP contribution in [0, 0.1) is 0 Å². The van der Waals surface area contributed by atoms with Crippen LogP contribution in [0.2, 0.25) is 0 Å². The Hall–Kier alpha value is -2.14. The molecule has 0 fully saturated rings. The van der Waals surface area contributed by atoms with E-state index in [0.29, 0.717) is 0 Å². The van der Waals surface area contributed by atoms with Crippen molar-refractivity contribution in [1.29, 1.82) is 0 Å². The van der Waals surface area contributed by atoms with Crippen molar-refractivity contribution >= 4 is 11.8 Å². The van der Waals surface area contributed by atoms with Gasteiger partial charge in [-0.2, -0.15) is 4.68 Å². The van der Waals surface area contributed by atoms with Crippen molar-refractivity contribution in [2.45, 2.75) is 24.3 Å². The summed E-state index contributed by atoms with van der Waals surface area (Å²) in [5.41, 5.74) is 3.61. The summed E-state index contributed by atoms with van der Waals surface area (Å²) in [5.74, 6) is 0.858. The number of nitrogens with zero attached hydrogens (tertiary/aromatic N) is 4. The van der Waals surface area contributed by atoms with E-state index in [4.69, 9.17) is 0 Å². The van der Waals surface area contributed by atoms with Crippen molar-refractivity contribution in [2.24, 2.45) is 0 Å². The van der Waals surface area contributed by atoms with Crippen LogP contribution in [0.3, 0.4) is 0 Å². The molecule has 1 heterocycles. The van der Waals surface area contributed by atoms with E-state index in [-0.39, 0.29) is 0 Å². The van der Waals surface area contributed by atoms with Gasteiger partial charge in [-0.1, -0.05) is 61.2 Å². The Balaban J connectivity index is 1.72. The van der Waals surface area contributed by atoms with Crippen LogP contribution in [-0.2, 0) is 12.2 Å². The van der Waals surface area contributed by atoms with Crippen LogP contribution in [-0.4, -0.2) is 20.2 Å². The first-order valence-corrected chi connectivity index (χ1v) is 7.90. The minimum atomic E-state index is 0.806. The summed E-state index contributed by atoms with van der Waals surface area (Å²) in [7, 11) is 0. The standard InChI is InChI=1S/C16H16N4S/c1-2-13-8-10-14(11-9-13)12-21-16-17-18-19-20(16)15-6-4-3-5-7-15/h3-11H,2,12H2,1H3. The van der Waals surface area contributed by atoms with Crippen molar-refractivity contribution in [1.82, 2.24) is 20.2 Å². The molecule has 0 atom stereocenters. The number of thioether (sulfide) groups is 1. The molecule has 0 amide bonds. The molecule has 4 nitrogen and oxygen atoms in total. The lowest BCUT2D eigenvalue weighted by Gasteiger charge is -2.04. The Bertz CT molecular complexity index is 692. The topological polar surface area (TPSA) is 43.6 Å². The smallest absolute Gasteiger partial charge is 0.188 e. The van der Waals surface area contributed by atoms with Crippen LogP contribution in [0.1, 0.15) is 18.1 Å². The molecule has 0 radical (unpaired) electrons. The fourth-order valence-electron chi connectivity index (χ4n) is 2.02. The van der Waals surface area contributed by atoms with Gasteiger partial charge in [-0.25, -0.2) is 0 Å². The van der Waals surface area contributed by atoms with Gasteiger partial charge in [-0.15, -0.1) is 5.10 Å². The van der Waals surface area contributed by atoms with Crippen molar-refractivity contribution < 1.29 is 0 Å². The maximum Gasteiger partial charge on any atom is 0.214 e. The Kier molecular flexibility index (Phi) is 4.31. The molecule has 5 heteroatoms. The van der Waals surface area contributed by atoms with Crippen molar-refractivity contribution in [3.63, 3.8) is 0 Å². The van der Waals surface area contributed by atoms with Crippen LogP contribution in [0.25, 0.3) is 5.69 Å².